The third kappa shape index (κ3) is 4.28. The number of aliphatic hydroxyl groups excluding tert-OH is 1. The molecule has 5 heteroatoms. The van der Waals surface area contributed by atoms with Crippen molar-refractivity contribution in [3.63, 3.8) is 0 Å². The molecule has 1 aliphatic heterocycles. The number of nitrogens with one attached hydrogen (secondary N) is 2. The van der Waals surface area contributed by atoms with Crippen molar-refractivity contribution in [2.75, 3.05) is 31.1 Å². The molecule has 0 spiro atoms. The van der Waals surface area contributed by atoms with Crippen LogP contribution in [0.15, 0.2) is 36.4 Å². The second-order valence-corrected chi connectivity index (χ2v) is 4.73. The highest BCUT2D eigenvalue weighted by Gasteiger charge is 2.08. The highest BCUT2D eigenvalue weighted by molar-refractivity contribution is 5.73. The summed E-state index contributed by atoms with van der Waals surface area (Å²) in [5.74, 6) is 0. The lowest BCUT2D eigenvalue weighted by Crippen LogP contribution is -2.35. The van der Waals surface area contributed by atoms with Crippen molar-refractivity contribution in [1.82, 2.24) is 10.6 Å². The zero-order valence-electron chi connectivity index (χ0n) is 11.5. The van der Waals surface area contributed by atoms with Crippen molar-refractivity contribution in [1.29, 1.82) is 0 Å². The van der Waals surface area contributed by atoms with Crippen LogP contribution in [-0.4, -0.2) is 37.4 Å². The number of carbonyl (C=O) groups is 1. The zero-order chi connectivity index (χ0) is 14.2. The van der Waals surface area contributed by atoms with Crippen LogP contribution in [0.2, 0.25) is 0 Å². The maximum Gasteiger partial charge on any atom is 0.315 e. The average Bonchev–Trinajstić information content (AvgIpc) is 3.00. The molecular formula is C15H21N3O2. The van der Waals surface area contributed by atoms with E-state index in [-0.39, 0.29) is 12.6 Å². The highest BCUT2D eigenvalue weighted by Crippen LogP contribution is 2.18. The van der Waals surface area contributed by atoms with Gasteiger partial charge in [0.05, 0.1) is 0 Å². The van der Waals surface area contributed by atoms with Gasteiger partial charge in [0.15, 0.2) is 0 Å². The lowest BCUT2D eigenvalue weighted by Gasteiger charge is -2.18. The van der Waals surface area contributed by atoms with Crippen LogP contribution in [0.1, 0.15) is 12.0 Å². The first kappa shape index (κ1) is 14.4. The smallest absolute Gasteiger partial charge is 0.315 e. The van der Waals surface area contributed by atoms with Crippen LogP contribution in [0.25, 0.3) is 0 Å². The van der Waals surface area contributed by atoms with E-state index in [2.05, 4.69) is 39.8 Å². The van der Waals surface area contributed by atoms with Crippen LogP contribution in [0.3, 0.4) is 0 Å². The summed E-state index contributed by atoms with van der Waals surface area (Å²) in [6.45, 7) is 2.96. The molecule has 1 aliphatic rings. The molecule has 2 rings (SSSR count). The Morgan fingerprint density at radius 2 is 2.05 bits per heavy atom. The Hall–Kier alpha value is -2.01. The molecule has 3 N–H and O–H groups in total. The Morgan fingerprint density at radius 1 is 1.25 bits per heavy atom. The molecule has 0 radical (unpaired) electrons. The molecule has 0 aromatic heterocycles. The quantitative estimate of drug-likeness (QED) is 0.541. The van der Waals surface area contributed by atoms with E-state index in [9.17, 15) is 4.79 Å². The van der Waals surface area contributed by atoms with Gasteiger partial charge >= 0.3 is 6.03 Å². The van der Waals surface area contributed by atoms with E-state index in [0.29, 0.717) is 19.5 Å². The van der Waals surface area contributed by atoms with Crippen LogP contribution in [0.5, 0.6) is 0 Å². The first-order valence-corrected chi connectivity index (χ1v) is 6.91. The Kier molecular flexibility index (Phi) is 5.43. The minimum atomic E-state index is -0.202. The van der Waals surface area contributed by atoms with Gasteiger partial charge in [-0.15, -0.1) is 0 Å². The summed E-state index contributed by atoms with van der Waals surface area (Å²) in [6, 6.07) is 7.99. The van der Waals surface area contributed by atoms with Gasteiger partial charge in [-0.25, -0.2) is 4.79 Å². The highest BCUT2D eigenvalue weighted by atomic mass is 16.3. The van der Waals surface area contributed by atoms with Gasteiger partial charge in [-0.1, -0.05) is 24.3 Å². The standard InChI is InChI=1S/C15H21N3O2/c19-10-4-7-16-15(20)17-12-13-5-3-6-14(11-13)18-8-1-2-9-18/h1-3,5-6,11,19H,4,7-10,12H2,(H2,16,17,20). The Balaban J connectivity index is 1.80. The van der Waals surface area contributed by atoms with E-state index in [0.717, 1.165) is 18.7 Å². The van der Waals surface area contributed by atoms with E-state index in [4.69, 9.17) is 5.11 Å². The fourth-order valence-corrected chi connectivity index (χ4v) is 2.08. The van der Waals surface area contributed by atoms with Crippen LogP contribution in [0, 0.1) is 0 Å². The van der Waals surface area contributed by atoms with Crippen molar-refractivity contribution >= 4 is 11.7 Å². The zero-order valence-corrected chi connectivity index (χ0v) is 11.5. The summed E-state index contributed by atoms with van der Waals surface area (Å²) in [5.41, 5.74) is 2.25. The molecule has 0 saturated heterocycles. The van der Waals surface area contributed by atoms with Gasteiger partial charge in [0.1, 0.15) is 0 Å². The number of hydrogen-bond donors (Lipinski definition) is 3. The number of carbonyl (C=O) groups excluding carboxylic acids is 1. The van der Waals surface area contributed by atoms with E-state index >= 15 is 0 Å². The first-order chi connectivity index (χ1) is 9.79. The second-order valence-electron chi connectivity index (χ2n) is 4.73. The number of amides is 2. The van der Waals surface area contributed by atoms with Crippen LogP contribution >= 0.6 is 0 Å². The summed E-state index contributed by atoms with van der Waals surface area (Å²) in [4.78, 5) is 13.8. The monoisotopic (exact) mass is 275 g/mol. The van der Waals surface area contributed by atoms with Gasteiger partial charge in [-0.2, -0.15) is 0 Å². The Labute approximate surface area is 119 Å². The molecule has 2 amide bonds. The fraction of sp³-hybridized carbons (Fsp3) is 0.400. The fourth-order valence-electron chi connectivity index (χ4n) is 2.08. The van der Waals surface area contributed by atoms with Gasteiger partial charge in [0.2, 0.25) is 0 Å². The van der Waals surface area contributed by atoms with Gasteiger partial charge in [0, 0.05) is 38.5 Å². The molecule has 1 aromatic rings. The van der Waals surface area contributed by atoms with E-state index in [1.54, 1.807) is 0 Å². The largest absolute Gasteiger partial charge is 0.396 e. The van der Waals surface area contributed by atoms with Gasteiger partial charge in [0.25, 0.3) is 0 Å². The number of benzene rings is 1. The maximum atomic E-state index is 11.5. The number of urea groups is 1. The first-order valence-electron chi connectivity index (χ1n) is 6.91. The average molecular weight is 275 g/mol. The van der Waals surface area contributed by atoms with Crippen LogP contribution < -0.4 is 15.5 Å². The third-order valence-corrected chi connectivity index (χ3v) is 3.17. The summed E-state index contributed by atoms with van der Waals surface area (Å²) in [6.07, 6.45) is 4.88. The number of hydrogen-bond acceptors (Lipinski definition) is 3. The number of anilines is 1. The summed E-state index contributed by atoms with van der Waals surface area (Å²) in [5, 5.41) is 14.1. The molecule has 1 heterocycles. The maximum absolute atomic E-state index is 11.5. The van der Waals surface area contributed by atoms with Crippen LogP contribution in [0.4, 0.5) is 10.5 Å². The predicted molar refractivity (Wildman–Crippen MR) is 79.7 cm³/mol. The lowest BCUT2D eigenvalue weighted by molar-refractivity contribution is 0.237. The molecular weight excluding hydrogens is 254 g/mol. The summed E-state index contributed by atoms with van der Waals surface area (Å²) < 4.78 is 0. The summed E-state index contributed by atoms with van der Waals surface area (Å²) in [7, 11) is 0. The van der Waals surface area contributed by atoms with E-state index in [1.165, 1.54) is 5.69 Å². The van der Waals surface area contributed by atoms with Crippen molar-refractivity contribution in [3.8, 4) is 0 Å². The lowest BCUT2D eigenvalue weighted by atomic mass is 10.2. The molecule has 0 saturated carbocycles. The molecule has 108 valence electrons. The molecule has 0 bridgehead atoms. The Bertz CT molecular complexity index is 466. The summed E-state index contributed by atoms with van der Waals surface area (Å²) >= 11 is 0. The Morgan fingerprint density at radius 3 is 2.80 bits per heavy atom. The minimum absolute atomic E-state index is 0.0895. The molecule has 0 unspecified atom stereocenters. The molecule has 0 aliphatic carbocycles. The SMILES string of the molecule is O=C(NCCCO)NCc1cccc(N2CC=CC2)c1. The molecule has 5 nitrogen and oxygen atoms in total. The van der Waals surface area contributed by atoms with Crippen LogP contribution in [-0.2, 0) is 6.54 Å². The van der Waals surface area contributed by atoms with Crippen molar-refractivity contribution < 1.29 is 9.90 Å². The topological polar surface area (TPSA) is 64.6 Å². The van der Waals surface area contributed by atoms with E-state index < -0.39 is 0 Å². The van der Waals surface area contributed by atoms with E-state index in [1.807, 2.05) is 12.1 Å². The molecule has 1 aromatic carbocycles. The molecule has 0 fully saturated rings. The molecule has 20 heavy (non-hydrogen) atoms. The third-order valence-electron chi connectivity index (χ3n) is 3.17. The van der Waals surface area contributed by atoms with Crippen molar-refractivity contribution in [2.45, 2.75) is 13.0 Å². The number of nitrogens with zero attached hydrogens (tertiary/aromatic N) is 1. The second kappa shape index (κ2) is 7.55. The number of rotatable bonds is 6. The van der Waals surface area contributed by atoms with Crippen molar-refractivity contribution in [2.24, 2.45) is 0 Å². The molecule has 0 atom stereocenters. The normalized spacial score (nSPS) is 13.6. The van der Waals surface area contributed by atoms with Gasteiger partial charge < -0.3 is 20.6 Å². The minimum Gasteiger partial charge on any atom is -0.396 e. The van der Waals surface area contributed by atoms with Crippen molar-refractivity contribution in [3.05, 3.63) is 42.0 Å². The van der Waals surface area contributed by atoms with Gasteiger partial charge in [-0.05, 0) is 24.1 Å². The van der Waals surface area contributed by atoms with Gasteiger partial charge in [-0.3, -0.25) is 0 Å². The number of aliphatic hydroxyl groups is 1. The predicted octanol–water partition coefficient (Wildman–Crippen LogP) is 1.24.